The maximum absolute atomic E-state index is 13.5. The van der Waals surface area contributed by atoms with E-state index < -0.39 is 12.7 Å². The number of hydrogen-bond donors (Lipinski definition) is 2. The van der Waals surface area contributed by atoms with Crippen LogP contribution >= 0.6 is 0 Å². The summed E-state index contributed by atoms with van der Waals surface area (Å²) in [6.45, 7) is 0.743. The van der Waals surface area contributed by atoms with E-state index in [4.69, 9.17) is 0 Å². The van der Waals surface area contributed by atoms with Crippen molar-refractivity contribution >= 4 is 28.1 Å². The number of H-pyrrole nitrogens is 1. The topological polar surface area (TPSA) is 60.1 Å². The number of fused-ring (bicyclic) bond motifs is 1. The van der Waals surface area contributed by atoms with Crippen LogP contribution < -0.4 is 10.2 Å². The molecule has 1 saturated heterocycles. The molecule has 0 spiro atoms. The second kappa shape index (κ2) is 7.27. The van der Waals surface area contributed by atoms with Crippen molar-refractivity contribution in [3.8, 4) is 0 Å². The van der Waals surface area contributed by atoms with Crippen LogP contribution in [0.3, 0.4) is 0 Å². The van der Waals surface area contributed by atoms with Gasteiger partial charge in [0.15, 0.2) is 5.82 Å². The van der Waals surface area contributed by atoms with Crippen LogP contribution in [0, 0.1) is 5.82 Å². The highest BCUT2D eigenvalue weighted by molar-refractivity contribution is 5.84. The van der Waals surface area contributed by atoms with Gasteiger partial charge in [0, 0.05) is 49.5 Å². The summed E-state index contributed by atoms with van der Waals surface area (Å²) < 4.78 is 51.1. The van der Waals surface area contributed by atoms with Crippen molar-refractivity contribution in [1.82, 2.24) is 20.1 Å². The van der Waals surface area contributed by atoms with Crippen LogP contribution in [0.5, 0.6) is 0 Å². The van der Waals surface area contributed by atoms with Crippen molar-refractivity contribution in [1.29, 1.82) is 0 Å². The molecule has 148 valence electrons. The first-order valence-electron chi connectivity index (χ1n) is 8.78. The van der Waals surface area contributed by atoms with Crippen molar-refractivity contribution in [3.63, 3.8) is 0 Å². The summed E-state index contributed by atoms with van der Waals surface area (Å²) in [5.41, 5.74) is 2.17. The summed E-state index contributed by atoms with van der Waals surface area (Å²) in [5, 5.41) is 11.7. The van der Waals surface area contributed by atoms with Crippen LogP contribution in [-0.2, 0) is 0 Å². The van der Waals surface area contributed by atoms with Gasteiger partial charge in [-0.1, -0.05) is 0 Å². The molecule has 2 N–H and O–H groups in total. The Morgan fingerprint density at radius 1 is 1.11 bits per heavy atom. The SMILES string of the molecule is Fc1c[nH]c2cc(Nc3cc(N4CCN(CC(F)(F)F)CC4)cnn3)ccc12. The molecule has 0 atom stereocenters. The second-order valence-corrected chi connectivity index (χ2v) is 6.70. The molecule has 10 heteroatoms. The molecule has 2 aromatic heterocycles. The molecule has 3 heterocycles. The standard InChI is InChI=1S/C18H18F4N6/c19-15-10-23-16-7-12(1-2-14(15)16)25-17-8-13(9-24-26-17)28-5-3-27(4-6-28)11-18(20,21)22/h1-2,7-10,23H,3-6,11H2,(H,25,26). The molecule has 1 aliphatic heterocycles. The van der Waals surface area contributed by atoms with Gasteiger partial charge in [0.05, 0.1) is 23.9 Å². The first-order valence-corrected chi connectivity index (χ1v) is 8.78. The molecular formula is C18H18F4N6. The van der Waals surface area contributed by atoms with E-state index in [0.29, 0.717) is 42.9 Å². The first kappa shape index (κ1) is 18.5. The van der Waals surface area contributed by atoms with E-state index in [0.717, 1.165) is 11.4 Å². The van der Waals surface area contributed by atoms with Gasteiger partial charge in [0.2, 0.25) is 0 Å². The Hall–Kier alpha value is -2.88. The average molecular weight is 394 g/mol. The zero-order chi connectivity index (χ0) is 19.7. The van der Waals surface area contributed by atoms with Crippen molar-refractivity contribution in [3.05, 3.63) is 42.5 Å². The van der Waals surface area contributed by atoms with Crippen molar-refractivity contribution < 1.29 is 17.6 Å². The molecule has 0 aliphatic carbocycles. The first-order chi connectivity index (χ1) is 13.4. The minimum atomic E-state index is -4.18. The number of aromatic nitrogens is 3. The van der Waals surface area contributed by atoms with Gasteiger partial charge < -0.3 is 15.2 Å². The highest BCUT2D eigenvalue weighted by Gasteiger charge is 2.32. The lowest BCUT2D eigenvalue weighted by atomic mass is 10.2. The lowest BCUT2D eigenvalue weighted by Crippen LogP contribution is -2.49. The highest BCUT2D eigenvalue weighted by atomic mass is 19.4. The van der Waals surface area contributed by atoms with Gasteiger partial charge in [0.25, 0.3) is 0 Å². The van der Waals surface area contributed by atoms with E-state index in [1.165, 1.54) is 11.1 Å². The maximum atomic E-state index is 13.5. The van der Waals surface area contributed by atoms with Gasteiger partial charge in [-0.3, -0.25) is 4.90 Å². The lowest BCUT2D eigenvalue weighted by Gasteiger charge is -2.36. The molecule has 4 rings (SSSR count). The third-order valence-corrected chi connectivity index (χ3v) is 4.68. The van der Waals surface area contributed by atoms with Crippen LogP contribution in [0.15, 0.2) is 36.7 Å². The molecule has 0 saturated carbocycles. The van der Waals surface area contributed by atoms with Gasteiger partial charge >= 0.3 is 6.18 Å². The monoisotopic (exact) mass is 394 g/mol. The molecule has 28 heavy (non-hydrogen) atoms. The molecule has 1 aliphatic rings. The predicted molar refractivity (Wildman–Crippen MR) is 98.3 cm³/mol. The Bertz CT molecular complexity index is 962. The van der Waals surface area contributed by atoms with E-state index in [2.05, 4.69) is 20.5 Å². The third kappa shape index (κ3) is 4.16. The van der Waals surface area contributed by atoms with Gasteiger partial charge in [-0.25, -0.2) is 4.39 Å². The number of anilines is 3. The maximum Gasteiger partial charge on any atom is 0.401 e. The predicted octanol–water partition coefficient (Wildman–Crippen LogP) is 3.52. The molecule has 0 unspecified atom stereocenters. The zero-order valence-corrected chi connectivity index (χ0v) is 14.8. The Morgan fingerprint density at radius 3 is 2.64 bits per heavy atom. The van der Waals surface area contributed by atoms with Gasteiger partial charge in [0.1, 0.15) is 5.82 Å². The summed E-state index contributed by atoms with van der Waals surface area (Å²) in [6.07, 6.45) is -1.29. The van der Waals surface area contributed by atoms with Crippen LogP contribution in [0.1, 0.15) is 0 Å². The van der Waals surface area contributed by atoms with Crippen molar-refractivity contribution in [2.45, 2.75) is 6.18 Å². The molecule has 0 radical (unpaired) electrons. The van der Waals surface area contributed by atoms with Gasteiger partial charge in [-0.05, 0) is 18.2 Å². The summed E-state index contributed by atoms with van der Waals surface area (Å²) in [4.78, 5) is 6.23. The molecule has 1 aromatic carbocycles. The minimum absolute atomic E-state index is 0.312. The van der Waals surface area contributed by atoms with E-state index in [1.807, 2.05) is 4.90 Å². The Labute approximate surface area is 158 Å². The molecule has 0 amide bonds. The van der Waals surface area contributed by atoms with Gasteiger partial charge in [-0.2, -0.15) is 18.3 Å². The normalized spacial score (nSPS) is 15.9. The lowest BCUT2D eigenvalue weighted by molar-refractivity contribution is -0.146. The fourth-order valence-electron chi connectivity index (χ4n) is 3.32. The van der Waals surface area contributed by atoms with E-state index in [9.17, 15) is 17.6 Å². The highest BCUT2D eigenvalue weighted by Crippen LogP contribution is 2.25. The van der Waals surface area contributed by atoms with Crippen LogP contribution in [-0.4, -0.2) is 59.0 Å². The van der Waals surface area contributed by atoms with Crippen molar-refractivity contribution in [2.24, 2.45) is 0 Å². The fraction of sp³-hybridized carbons (Fsp3) is 0.333. The number of aromatic amines is 1. The Balaban J connectivity index is 1.43. The fourth-order valence-corrected chi connectivity index (χ4v) is 3.32. The van der Waals surface area contributed by atoms with Crippen LogP contribution in [0.2, 0.25) is 0 Å². The van der Waals surface area contributed by atoms with E-state index in [1.54, 1.807) is 30.5 Å². The summed E-state index contributed by atoms with van der Waals surface area (Å²) in [6, 6.07) is 6.97. The van der Waals surface area contributed by atoms with Crippen LogP contribution in [0.4, 0.5) is 34.8 Å². The smallest absolute Gasteiger partial charge is 0.368 e. The number of hydrogen-bond acceptors (Lipinski definition) is 5. The molecule has 6 nitrogen and oxygen atoms in total. The molecular weight excluding hydrogens is 376 g/mol. The summed E-state index contributed by atoms with van der Waals surface area (Å²) in [5.74, 6) is 0.189. The Morgan fingerprint density at radius 2 is 1.89 bits per heavy atom. The number of benzene rings is 1. The van der Waals surface area contributed by atoms with E-state index in [-0.39, 0.29) is 5.82 Å². The van der Waals surface area contributed by atoms with Crippen LogP contribution in [0.25, 0.3) is 10.9 Å². The number of nitrogens with one attached hydrogen (secondary N) is 2. The zero-order valence-electron chi connectivity index (χ0n) is 14.8. The summed E-state index contributed by atoms with van der Waals surface area (Å²) >= 11 is 0. The molecule has 1 fully saturated rings. The quantitative estimate of drug-likeness (QED) is 0.663. The van der Waals surface area contributed by atoms with Gasteiger partial charge in [-0.15, -0.1) is 5.10 Å². The average Bonchev–Trinajstić information content (AvgIpc) is 3.02. The van der Waals surface area contributed by atoms with Crippen molar-refractivity contribution in [2.75, 3.05) is 42.9 Å². The third-order valence-electron chi connectivity index (χ3n) is 4.68. The minimum Gasteiger partial charge on any atom is -0.368 e. The number of piperazine rings is 1. The molecule has 3 aromatic rings. The van der Waals surface area contributed by atoms with E-state index >= 15 is 0 Å². The number of alkyl halides is 3. The largest absolute Gasteiger partial charge is 0.401 e. The Kier molecular flexibility index (Phi) is 4.80. The second-order valence-electron chi connectivity index (χ2n) is 6.70. The number of halogens is 4. The summed E-state index contributed by atoms with van der Waals surface area (Å²) in [7, 11) is 0. The number of rotatable bonds is 4. The molecule has 0 bridgehead atoms. The number of nitrogens with zero attached hydrogens (tertiary/aromatic N) is 4.